The van der Waals surface area contributed by atoms with Gasteiger partial charge in [-0.2, -0.15) is 4.98 Å². The summed E-state index contributed by atoms with van der Waals surface area (Å²) in [6.45, 7) is 0.532. The lowest BCUT2D eigenvalue weighted by Crippen LogP contribution is -2.14. The van der Waals surface area contributed by atoms with Crippen LogP contribution in [0.15, 0.2) is 73.2 Å². The van der Waals surface area contributed by atoms with Crippen LogP contribution in [0.3, 0.4) is 0 Å². The average molecular weight is 492 g/mol. The Hall–Kier alpha value is -4.24. The summed E-state index contributed by atoms with van der Waals surface area (Å²) in [5.74, 6) is 0.234. The minimum Gasteiger partial charge on any atom is -0.495 e. The number of rotatable bonds is 10. The number of carbonyl (C=O) groups excluding carboxylic acids is 1. The van der Waals surface area contributed by atoms with Crippen molar-refractivity contribution >= 4 is 23.4 Å². The molecule has 0 aliphatic rings. The topological polar surface area (TPSA) is 108 Å². The zero-order valence-electron chi connectivity index (χ0n) is 18.8. The molecule has 0 radical (unpaired) electrons. The number of aromatic nitrogens is 4. The summed E-state index contributed by atoms with van der Waals surface area (Å²) in [7, 11) is 1.55. The number of halogens is 1. The fourth-order valence-electron chi connectivity index (χ4n) is 3.05. The molecule has 0 aliphatic heterocycles. The average Bonchev–Trinajstić information content (AvgIpc) is 2.90. The Labute approximate surface area is 207 Å². The molecule has 10 heteroatoms. The number of esters is 1. The van der Waals surface area contributed by atoms with Gasteiger partial charge in [0.15, 0.2) is 0 Å². The van der Waals surface area contributed by atoms with E-state index in [1.807, 2.05) is 30.3 Å². The van der Waals surface area contributed by atoms with E-state index in [1.54, 1.807) is 43.8 Å². The van der Waals surface area contributed by atoms with Gasteiger partial charge in [0.1, 0.15) is 30.3 Å². The third-order valence-corrected chi connectivity index (χ3v) is 5.11. The lowest BCUT2D eigenvalue weighted by atomic mass is 10.2. The van der Waals surface area contributed by atoms with E-state index in [-0.39, 0.29) is 30.6 Å². The van der Waals surface area contributed by atoms with Crippen LogP contribution < -0.4 is 14.8 Å². The predicted octanol–water partition coefficient (Wildman–Crippen LogP) is 4.48. The molecule has 9 nitrogen and oxygen atoms in total. The number of nitrogens with zero attached hydrogens (tertiary/aromatic N) is 4. The molecule has 3 heterocycles. The number of nitrogens with one attached hydrogen (secondary N) is 1. The van der Waals surface area contributed by atoms with Gasteiger partial charge in [-0.1, -0.05) is 29.8 Å². The highest BCUT2D eigenvalue weighted by atomic mass is 35.5. The van der Waals surface area contributed by atoms with Gasteiger partial charge in [-0.05, 0) is 42.0 Å². The maximum atomic E-state index is 12.8. The van der Waals surface area contributed by atoms with Crippen molar-refractivity contribution in [3.63, 3.8) is 0 Å². The minimum absolute atomic E-state index is 0.0190. The highest BCUT2D eigenvalue weighted by Crippen LogP contribution is 2.26. The number of ether oxygens (including phenoxy) is 3. The van der Waals surface area contributed by atoms with Crippen molar-refractivity contribution in [1.29, 1.82) is 0 Å². The third kappa shape index (κ3) is 6.64. The van der Waals surface area contributed by atoms with E-state index >= 15 is 0 Å². The summed E-state index contributed by atoms with van der Waals surface area (Å²) in [6, 6.07) is 16.4. The van der Waals surface area contributed by atoms with Crippen LogP contribution in [-0.2, 0) is 24.5 Å². The van der Waals surface area contributed by atoms with Gasteiger partial charge in [-0.3, -0.25) is 9.97 Å². The lowest BCUT2D eigenvalue weighted by Gasteiger charge is -2.13. The summed E-state index contributed by atoms with van der Waals surface area (Å²) in [5, 5.41) is 3.63. The van der Waals surface area contributed by atoms with Gasteiger partial charge in [0.2, 0.25) is 0 Å². The van der Waals surface area contributed by atoms with Crippen LogP contribution in [0.2, 0.25) is 5.02 Å². The number of hydrogen-bond donors (Lipinski definition) is 1. The Morgan fingerprint density at radius 1 is 0.971 bits per heavy atom. The van der Waals surface area contributed by atoms with Crippen LogP contribution in [0.1, 0.15) is 27.3 Å². The molecule has 1 aromatic carbocycles. The number of methoxy groups -OCH3 is 1. The van der Waals surface area contributed by atoms with Gasteiger partial charge in [0.25, 0.3) is 0 Å². The molecule has 0 fully saturated rings. The minimum atomic E-state index is -0.595. The fraction of sp³-hybridized carbons (Fsp3) is 0.160. The molecule has 35 heavy (non-hydrogen) atoms. The summed E-state index contributed by atoms with van der Waals surface area (Å²) in [4.78, 5) is 29.7. The first-order valence-electron chi connectivity index (χ1n) is 10.7. The van der Waals surface area contributed by atoms with E-state index in [9.17, 15) is 4.79 Å². The third-order valence-electron chi connectivity index (χ3n) is 4.82. The van der Waals surface area contributed by atoms with Crippen LogP contribution in [0.5, 0.6) is 11.8 Å². The summed E-state index contributed by atoms with van der Waals surface area (Å²) >= 11 is 6.23. The van der Waals surface area contributed by atoms with Crippen molar-refractivity contribution in [2.75, 3.05) is 12.4 Å². The van der Waals surface area contributed by atoms with E-state index in [0.717, 1.165) is 11.3 Å². The molecular formula is C25H22ClN5O4. The maximum absolute atomic E-state index is 12.8. The molecule has 0 saturated carbocycles. The van der Waals surface area contributed by atoms with Gasteiger partial charge >= 0.3 is 12.0 Å². The van der Waals surface area contributed by atoms with Crippen LogP contribution in [0, 0.1) is 0 Å². The second-order valence-electron chi connectivity index (χ2n) is 7.24. The van der Waals surface area contributed by atoms with E-state index in [1.165, 1.54) is 6.20 Å². The normalized spacial score (nSPS) is 10.5. The standard InChI is InChI=1S/C25H22ClN5O4/c1-33-22-9-8-17(12-21(22)26)13-29-23-20(24(32)34-15-18-6-2-4-10-27-18)14-30-25(31-23)35-16-19-7-3-5-11-28-19/h2-12,14H,13,15-16H2,1H3,(H,29,30,31). The molecular weight excluding hydrogens is 470 g/mol. The van der Waals surface area contributed by atoms with Crippen LogP contribution in [-0.4, -0.2) is 33.0 Å². The fourth-order valence-corrected chi connectivity index (χ4v) is 3.33. The maximum Gasteiger partial charge on any atom is 0.343 e. The zero-order chi connectivity index (χ0) is 24.5. The summed E-state index contributed by atoms with van der Waals surface area (Å²) in [6.07, 6.45) is 4.67. The molecule has 4 rings (SSSR count). The molecule has 0 atom stereocenters. The summed E-state index contributed by atoms with van der Waals surface area (Å²) < 4.78 is 16.3. The molecule has 0 unspecified atom stereocenters. The highest BCUT2D eigenvalue weighted by molar-refractivity contribution is 6.32. The van der Waals surface area contributed by atoms with E-state index in [4.69, 9.17) is 25.8 Å². The molecule has 3 aromatic heterocycles. The molecule has 0 amide bonds. The lowest BCUT2D eigenvalue weighted by molar-refractivity contribution is 0.0467. The number of pyridine rings is 2. The Balaban J connectivity index is 1.51. The zero-order valence-corrected chi connectivity index (χ0v) is 19.6. The van der Waals surface area contributed by atoms with Crippen LogP contribution >= 0.6 is 11.6 Å². The number of carbonyl (C=O) groups is 1. The van der Waals surface area contributed by atoms with Gasteiger partial charge in [-0.25, -0.2) is 9.78 Å². The van der Waals surface area contributed by atoms with Crippen molar-refractivity contribution in [1.82, 2.24) is 19.9 Å². The monoisotopic (exact) mass is 491 g/mol. The van der Waals surface area contributed by atoms with Gasteiger partial charge in [0, 0.05) is 18.9 Å². The van der Waals surface area contributed by atoms with Crippen LogP contribution in [0.4, 0.5) is 5.82 Å². The number of anilines is 1. The molecule has 1 N–H and O–H groups in total. The van der Waals surface area contributed by atoms with Crippen molar-refractivity contribution in [2.45, 2.75) is 19.8 Å². The molecule has 178 valence electrons. The van der Waals surface area contributed by atoms with Crippen molar-refractivity contribution in [2.24, 2.45) is 0 Å². The second-order valence-corrected chi connectivity index (χ2v) is 7.65. The summed E-state index contributed by atoms with van der Waals surface area (Å²) in [5.41, 5.74) is 2.36. The molecule has 0 bridgehead atoms. The van der Waals surface area contributed by atoms with Crippen molar-refractivity contribution in [3.05, 3.63) is 101 Å². The van der Waals surface area contributed by atoms with Crippen molar-refractivity contribution in [3.8, 4) is 11.8 Å². The van der Waals surface area contributed by atoms with Gasteiger partial charge in [-0.15, -0.1) is 0 Å². The highest BCUT2D eigenvalue weighted by Gasteiger charge is 2.18. The quantitative estimate of drug-likeness (QED) is 0.321. The molecule has 0 saturated heterocycles. The first-order valence-corrected chi connectivity index (χ1v) is 11.0. The van der Waals surface area contributed by atoms with Gasteiger partial charge < -0.3 is 19.5 Å². The SMILES string of the molecule is COc1ccc(CNc2nc(OCc3ccccn3)ncc2C(=O)OCc2ccccn2)cc1Cl. The smallest absolute Gasteiger partial charge is 0.343 e. The molecule has 0 aliphatic carbocycles. The van der Waals surface area contributed by atoms with E-state index in [0.29, 0.717) is 23.0 Å². The van der Waals surface area contributed by atoms with E-state index in [2.05, 4.69) is 25.3 Å². The Morgan fingerprint density at radius 3 is 2.37 bits per heavy atom. The molecule has 4 aromatic rings. The Bertz CT molecular complexity index is 1280. The van der Waals surface area contributed by atoms with Crippen molar-refractivity contribution < 1.29 is 19.0 Å². The number of hydrogen-bond acceptors (Lipinski definition) is 9. The first-order chi connectivity index (χ1) is 17.1. The van der Waals surface area contributed by atoms with E-state index < -0.39 is 5.97 Å². The second kappa shape index (κ2) is 11.8. The molecule has 0 spiro atoms. The Kier molecular flexibility index (Phi) is 8.03. The predicted molar refractivity (Wildman–Crippen MR) is 129 cm³/mol. The first kappa shape index (κ1) is 23.9. The largest absolute Gasteiger partial charge is 0.495 e. The Morgan fingerprint density at radius 2 is 1.71 bits per heavy atom. The van der Waals surface area contributed by atoms with Gasteiger partial charge in [0.05, 0.1) is 29.7 Å². The van der Waals surface area contributed by atoms with Crippen LogP contribution in [0.25, 0.3) is 0 Å². The number of benzene rings is 1.